The van der Waals surface area contributed by atoms with Crippen LogP contribution in [-0.4, -0.2) is 26.7 Å². The number of aryl methyl sites for hydroxylation is 1. The molecule has 0 spiro atoms. The van der Waals surface area contributed by atoms with Crippen LogP contribution in [0.5, 0.6) is 0 Å². The second-order valence-corrected chi connectivity index (χ2v) is 10.1. The van der Waals surface area contributed by atoms with Crippen molar-refractivity contribution in [3.8, 4) is 10.6 Å². The van der Waals surface area contributed by atoms with Gasteiger partial charge in [-0.15, -0.1) is 11.3 Å². The minimum atomic E-state index is -1.01. The summed E-state index contributed by atoms with van der Waals surface area (Å²) in [5.41, 5.74) is 6.12. The third kappa shape index (κ3) is 4.90. The van der Waals surface area contributed by atoms with E-state index in [4.69, 9.17) is 10.1 Å². The molecule has 2 heterocycles. The number of carbonyl (C=O) groups is 2. The van der Waals surface area contributed by atoms with Crippen molar-refractivity contribution in [2.45, 2.75) is 45.3 Å². The van der Waals surface area contributed by atoms with Crippen LogP contribution in [0.15, 0.2) is 66.0 Å². The lowest BCUT2D eigenvalue weighted by molar-refractivity contribution is 0.0950. The highest BCUT2D eigenvalue weighted by Gasteiger charge is 2.45. The van der Waals surface area contributed by atoms with Crippen molar-refractivity contribution in [3.63, 3.8) is 0 Å². The maximum Gasteiger partial charge on any atom is 0.405 e. The van der Waals surface area contributed by atoms with Crippen molar-refractivity contribution in [1.82, 2.24) is 20.2 Å². The Bertz CT molecular complexity index is 1400. The molecule has 1 aliphatic carbocycles. The molecule has 184 valence electrons. The predicted molar refractivity (Wildman–Crippen MR) is 140 cm³/mol. The van der Waals surface area contributed by atoms with Crippen molar-refractivity contribution >= 4 is 23.3 Å². The Balaban J connectivity index is 1.23. The first-order valence-corrected chi connectivity index (χ1v) is 12.8. The number of amides is 2. The van der Waals surface area contributed by atoms with E-state index in [0.717, 1.165) is 51.6 Å². The molecule has 2 aromatic carbocycles. The monoisotopic (exact) mass is 500 g/mol. The van der Waals surface area contributed by atoms with Gasteiger partial charge in [-0.1, -0.05) is 54.6 Å². The molecule has 0 atom stereocenters. The third-order valence-electron chi connectivity index (χ3n) is 6.77. The average molecular weight is 501 g/mol. The first kappa shape index (κ1) is 23.8. The van der Waals surface area contributed by atoms with E-state index in [1.807, 2.05) is 62.4 Å². The lowest BCUT2D eigenvalue weighted by Gasteiger charge is -2.16. The van der Waals surface area contributed by atoms with Crippen LogP contribution < -0.4 is 10.6 Å². The van der Waals surface area contributed by atoms with Crippen LogP contribution in [0, 0.1) is 13.8 Å². The first-order valence-electron chi connectivity index (χ1n) is 11.9. The van der Waals surface area contributed by atoms with Gasteiger partial charge in [-0.2, -0.15) is 0 Å². The highest BCUT2D eigenvalue weighted by molar-refractivity contribution is 7.13. The number of thiazole rings is 1. The number of carbonyl (C=O) groups excluding carboxylic acids is 1. The van der Waals surface area contributed by atoms with Gasteiger partial charge in [0.2, 0.25) is 0 Å². The normalized spacial score (nSPS) is 13.8. The molecule has 0 aliphatic heterocycles. The van der Waals surface area contributed by atoms with Gasteiger partial charge in [-0.05, 0) is 43.9 Å². The number of hydrogen-bond donors (Lipinski definition) is 3. The average Bonchev–Trinajstić information content (AvgIpc) is 3.39. The SMILES string of the molecule is Cc1cc(C(=O)NCc2ccc(C3(NC(=O)O)CC3)cc2)c(C)n1Cc1csc(-c2ccccc2)n1. The zero-order chi connectivity index (χ0) is 25.3. The number of aromatic nitrogens is 2. The van der Waals surface area contributed by atoms with E-state index in [1.165, 1.54) is 0 Å². The summed E-state index contributed by atoms with van der Waals surface area (Å²) >= 11 is 1.62. The lowest BCUT2D eigenvalue weighted by Crippen LogP contribution is -2.33. The van der Waals surface area contributed by atoms with E-state index in [9.17, 15) is 9.59 Å². The number of rotatable bonds is 8. The Morgan fingerprint density at radius 2 is 1.81 bits per heavy atom. The summed E-state index contributed by atoms with van der Waals surface area (Å²) in [7, 11) is 0. The quantitative estimate of drug-likeness (QED) is 0.299. The predicted octanol–water partition coefficient (Wildman–Crippen LogP) is 5.46. The molecule has 1 saturated carbocycles. The Hall–Kier alpha value is -3.91. The molecular formula is C28H28N4O3S. The van der Waals surface area contributed by atoms with Crippen molar-refractivity contribution in [1.29, 1.82) is 0 Å². The third-order valence-corrected chi connectivity index (χ3v) is 7.71. The Labute approximate surface area is 213 Å². The summed E-state index contributed by atoms with van der Waals surface area (Å²) in [5.74, 6) is -0.118. The fourth-order valence-corrected chi connectivity index (χ4v) is 5.38. The van der Waals surface area contributed by atoms with E-state index in [1.54, 1.807) is 11.3 Å². The summed E-state index contributed by atoms with van der Waals surface area (Å²) in [4.78, 5) is 28.8. The molecule has 2 amide bonds. The molecule has 0 saturated heterocycles. The lowest BCUT2D eigenvalue weighted by atomic mass is 10.0. The summed E-state index contributed by atoms with van der Waals surface area (Å²) in [5, 5.41) is 17.8. The molecule has 0 bridgehead atoms. The van der Waals surface area contributed by atoms with Crippen LogP contribution in [-0.2, 0) is 18.6 Å². The van der Waals surface area contributed by atoms with Crippen LogP contribution in [0.25, 0.3) is 10.6 Å². The zero-order valence-corrected chi connectivity index (χ0v) is 21.1. The van der Waals surface area contributed by atoms with Gasteiger partial charge in [0.1, 0.15) is 5.01 Å². The molecule has 1 fully saturated rings. The second-order valence-electron chi connectivity index (χ2n) is 9.27. The molecule has 7 nitrogen and oxygen atoms in total. The summed E-state index contributed by atoms with van der Waals surface area (Å²) in [6, 6.07) is 19.8. The Morgan fingerprint density at radius 1 is 1.08 bits per heavy atom. The van der Waals surface area contributed by atoms with Crippen molar-refractivity contribution < 1.29 is 14.7 Å². The van der Waals surface area contributed by atoms with E-state index < -0.39 is 11.6 Å². The Kier molecular flexibility index (Phi) is 6.36. The molecule has 4 aromatic rings. The first-order chi connectivity index (χ1) is 17.3. The molecule has 2 aromatic heterocycles. The van der Waals surface area contributed by atoms with Gasteiger partial charge < -0.3 is 20.3 Å². The van der Waals surface area contributed by atoms with Gasteiger partial charge in [0.05, 0.1) is 23.3 Å². The van der Waals surface area contributed by atoms with Gasteiger partial charge >= 0.3 is 6.09 Å². The standard InChI is InChI=1S/C28H28N4O3S/c1-18-14-24(19(2)32(18)16-23-17-36-26(30-23)21-6-4-3-5-7-21)25(33)29-15-20-8-10-22(11-9-20)28(12-13-28)31-27(34)35/h3-11,14,17,31H,12-13,15-16H2,1-2H3,(H,29,33)(H,34,35). The highest BCUT2D eigenvalue weighted by atomic mass is 32.1. The van der Waals surface area contributed by atoms with Crippen molar-refractivity contribution in [3.05, 3.63) is 99.8 Å². The van der Waals surface area contributed by atoms with Gasteiger partial charge in [-0.3, -0.25) is 4.79 Å². The van der Waals surface area contributed by atoms with Crippen LogP contribution in [0.2, 0.25) is 0 Å². The van der Waals surface area contributed by atoms with Crippen molar-refractivity contribution in [2.24, 2.45) is 0 Å². The zero-order valence-electron chi connectivity index (χ0n) is 20.2. The van der Waals surface area contributed by atoms with Crippen LogP contribution in [0.3, 0.4) is 0 Å². The molecular weight excluding hydrogens is 472 g/mol. The number of hydrogen-bond acceptors (Lipinski definition) is 4. The minimum absolute atomic E-state index is 0.118. The van der Waals surface area contributed by atoms with Crippen LogP contribution >= 0.6 is 11.3 Å². The fourth-order valence-electron chi connectivity index (χ4n) is 4.56. The van der Waals surface area contributed by atoms with E-state index >= 15 is 0 Å². The Morgan fingerprint density at radius 3 is 2.47 bits per heavy atom. The maximum absolute atomic E-state index is 13.0. The number of nitrogens with zero attached hydrogens (tertiary/aromatic N) is 2. The topological polar surface area (TPSA) is 96.3 Å². The van der Waals surface area contributed by atoms with Crippen LogP contribution in [0.4, 0.5) is 4.79 Å². The molecule has 0 unspecified atom stereocenters. The highest BCUT2D eigenvalue weighted by Crippen LogP contribution is 2.45. The smallest absolute Gasteiger partial charge is 0.405 e. The van der Waals surface area contributed by atoms with E-state index in [0.29, 0.717) is 18.7 Å². The van der Waals surface area contributed by atoms with Crippen LogP contribution in [0.1, 0.15) is 51.4 Å². The summed E-state index contributed by atoms with van der Waals surface area (Å²) in [6.07, 6.45) is 0.603. The number of carboxylic acid groups (broad SMARTS) is 1. The van der Waals surface area contributed by atoms with E-state index in [-0.39, 0.29) is 5.91 Å². The van der Waals surface area contributed by atoms with Gasteiger partial charge in [0.25, 0.3) is 5.91 Å². The molecule has 5 rings (SSSR count). The molecule has 36 heavy (non-hydrogen) atoms. The number of benzene rings is 2. The maximum atomic E-state index is 13.0. The van der Waals surface area contributed by atoms with Gasteiger partial charge in [-0.25, -0.2) is 9.78 Å². The van der Waals surface area contributed by atoms with Gasteiger partial charge in [0.15, 0.2) is 0 Å². The fraction of sp³-hybridized carbons (Fsp3) is 0.250. The molecule has 1 aliphatic rings. The summed E-state index contributed by atoms with van der Waals surface area (Å²) < 4.78 is 2.12. The largest absolute Gasteiger partial charge is 0.465 e. The molecule has 8 heteroatoms. The number of nitrogens with one attached hydrogen (secondary N) is 2. The van der Waals surface area contributed by atoms with Crippen molar-refractivity contribution in [2.75, 3.05) is 0 Å². The summed E-state index contributed by atoms with van der Waals surface area (Å²) in [6.45, 7) is 4.98. The molecule has 3 N–H and O–H groups in total. The van der Waals surface area contributed by atoms with E-state index in [2.05, 4.69) is 32.7 Å². The minimum Gasteiger partial charge on any atom is -0.465 e. The van der Waals surface area contributed by atoms with Gasteiger partial charge in [0, 0.05) is 28.9 Å². The second kappa shape index (κ2) is 9.62. The molecule has 0 radical (unpaired) electrons.